The van der Waals surface area contributed by atoms with Gasteiger partial charge in [0.15, 0.2) is 10.1 Å². The number of nitrogens with zero attached hydrogens (tertiary/aromatic N) is 2. The average Bonchev–Trinajstić information content (AvgIpc) is 2.88. The van der Waals surface area contributed by atoms with Crippen LogP contribution in [0.25, 0.3) is 0 Å². The van der Waals surface area contributed by atoms with Gasteiger partial charge in [-0.2, -0.15) is 0 Å². The number of nitrogens with one attached hydrogen (secondary N) is 1. The molecule has 1 aromatic carbocycles. The minimum atomic E-state index is -0.172. The lowest BCUT2D eigenvalue weighted by Crippen LogP contribution is -2.13. The van der Waals surface area contributed by atoms with Crippen molar-refractivity contribution in [1.29, 1.82) is 0 Å². The molecule has 1 aromatic heterocycles. The van der Waals surface area contributed by atoms with Gasteiger partial charge in [-0.1, -0.05) is 35.2 Å². The van der Waals surface area contributed by atoms with Crippen molar-refractivity contribution in [1.82, 2.24) is 10.2 Å². The summed E-state index contributed by atoms with van der Waals surface area (Å²) in [5.74, 6) is 0.124. The maximum absolute atomic E-state index is 12.4. The second kappa shape index (κ2) is 6.37. The van der Waals surface area contributed by atoms with Crippen LogP contribution in [-0.2, 0) is 0 Å². The molecule has 2 rings (SSSR count). The fourth-order valence-corrected chi connectivity index (χ4v) is 3.62. The summed E-state index contributed by atoms with van der Waals surface area (Å²) in [6.45, 7) is 5.97. The number of anilines is 1. The van der Waals surface area contributed by atoms with E-state index in [-0.39, 0.29) is 11.0 Å². The van der Waals surface area contributed by atoms with Crippen molar-refractivity contribution in [2.24, 2.45) is 0 Å². The molecule has 6 heteroatoms. The van der Waals surface area contributed by atoms with Gasteiger partial charge in [0.2, 0.25) is 5.13 Å². The van der Waals surface area contributed by atoms with E-state index in [0.717, 1.165) is 20.6 Å². The number of rotatable bonds is 5. The number of carbonyl (C=O) groups excluding carboxylic acids is 1. The topological polar surface area (TPSA) is 54.9 Å². The number of hydrogen-bond donors (Lipinski definition) is 1. The molecule has 2 aromatic rings. The Morgan fingerprint density at radius 2 is 2.05 bits per heavy atom. The Morgan fingerprint density at radius 3 is 2.65 bits per heavy atom. The average molecular weight is 307 g/mol. The van der Waals surface area contributed by atoms with Gasteiger partial charge in [0.1, 0.15) is 0 Å². The monoisotopic (exact) mass is 307 g/mol. The van der Waals surface area contributed by atoms with Gasteiger partial charge in [-0.25, -0.2) is 0 Å². The van der Waals surface area contributed by atoms with Gasteiger partial charge in [-0.05, 0) is 38.0 Å². The van der Waals surface area contributed by atoms with Gasteiger partial charge in [0, 0.05) is 12.6 Å². The van der Waals surface area contributed by atoms with Gasteiger partial charge in [-0.15, -0.1) is 10.2 Å². The number of aryl methyl sites for hydroxylation is 2. The molecule has 0 fully saturated rings. The second-order valence-electron chi connectivity index (χ2n) is 4.55. The molecule has 0 bridgehead atoms. The smallest absolute Gasteiger partial charge is 0.206 e. The van der Waals surface area contributed by atoms with Crippen LogP contribution < -0.4 is 5.32 Å². The van der Waals surface area contributed by atoms with E-state index in [2.05, 4.69) is 15.5 Å². The van der Waals surface area contributed by atoms with E-state index in [0.29, 0.717) is 0 Å². The molecular weight excluding hydrogens is 290 g/mol. The van der Waals surface area contributed by atoms with Crippen LogP contribution in [0, 0.1) is 13.8 Å². The molecule has 1 heterocycles. The molecule has 0 aliphatic rings. The normalized spacial score (nSPS) is 12.2. The van der Waals surface area contributed by atoms with E-state index in [9.17, 15) is 4.79 Å². The molecule has 1 atom stereocenters. The van der Waals surface area contributed by atoms with Gasteiger partial charge >= 0.3 is 0 Å². The van der Waals surface area contributed by atoms with Crippen molar-refractivity contribution in [3.05, 3.63) is 34.9 Å². The summed E-state index contributed by atoms with van der Waals surface area (Å²) in [5, 5.41) is 11.6. The first-order chi connectivity index (χ1) is 9.51. The molecule has 4 nitrogen and oxygen atoms in total. The Hall–Kier alpha value is -1.40. The highest BCUT2D eigenvalue weighted by atomic mass is 32.2. The highest BCUT2D eigenvalue weighted by molar-refractivity contribution is 8.02. The van der Waals surface area contributed by atoms with Crippen molar-refractivity contribution in [3.63, 3.8) is 0 Å². The summed E-state index contributed by atoms with van der Waals surface area (Å²) in [6, 6.07) is 5.83. The second-order valence-corrected chi connectivity index (χ2v) is 7.11. The van der Waals surface area contributed by atoms with Crippen molar-refractivity contribution in [2.75, 3.05) is 12.4 Å². The first-order valence-electron chi connectivity index (χ1n) is 6.30. The summed E-state index contributed by atoms with van der Waals surface area (Å²) < 4.78 is 0.805. The van der Waals surface area contributed by atoms with Crippen LogP contribution in [0.1, 0.15) is 28.4 Å². The van der Waals surface area contributed by atoms with Crippen molar-refractivity contribution >= 4 is 34.0 Å². The van der Waals surface area contributed by atoms with Crippen LogP contribution in [0.15, 0.2) is 22.5 Å². The lowest BCUT2D eigenvalue weighted by Gasteiger charge is -2.09. The predicted octanol–water partition coefficient (Wildman–Crippen LogP) is 3.56. The summed E-state index contributed by atoms with van der Waals surface area (Å²) in [6.07, 6.45) is 0. The van der Waals surface area contributed by atoms with Gasteiger partial charge in [-0.3, -0.25) is 4.79 Å². The van der Waals surface area contributed by atoms with Gasteiger partial charge in [0.25, 0.3) is 0 Å². The summed E-state index contributed by atoms with van der Waals surface area (Å²) in [4.78, 5) is 12.4. The molecule has 0 aliphatic heterocycles. The third-order valence-corrected chi connectivity index (χ3v) is 5.18. The molecule has 0 radical (unpaired) electrons. The number of Topliss-reactive ketones (excluding diaryl/α,β-unsaturated/α-hetero) is 1. The molecule has 0 saturated carbocycles. The molecule has 0 spiro atoms. The van der Waals surface area contributed by atoms with Gasteiger partial charge < -0.3 is 5.32 Å². The Bertz CT molecular complexity index is 625. The number of ketones is 1. The standard InChI is InChI=1S/C14H17N3OS2/c1-8-5-6-11(7-9(8)2)12(18)10(3)19-14-17-16-13(15-4)20-14/h5-7,10H,1-4H3,(H,15,16)/t10-/m1/s1. The zero-order chi connectivity index (χ0) is 14.7. The highest BCUT2D eigenvalue weighted by Crippen LogP contribution is 2.30. The molecule has 0 aliphatic carbocycles. The summed E-state index contributed by atoms with van der Waals surface area (Å²) in [5.41, 5.74) is 3.09. The van der Waals surface area contributed by atoms with E-state index < -0.39 is 0 Å². The van der Waals surface area contributed by atoms with Crippen LogP contribution in [0.2, 0.25) is 0 Å². The van der Waals surface area contributed by atoms with Crippen LogP contribution in [0.4, 0.5) is 5.13 Å². The molecule has 0 saturated heterocycles. The Labute approximate surface area is 127 Å². The molecule has 0 unspecified atom stereocenters. The Balaban J connectivity index is 2.09. The predicted molar refractivity (Wildman–Crippen MR) is 85.0 cm³/mol. The zero-order valence-corrected chi connectivity index (χ0v) is 13.6. The quantitative estimate of drug-likeness (QED) is 0.676. The molecule has 1 N–H and O–H groups in total. The van der Waals surface area contributed by atoms with E-state index in [1.165, 1.54) is 28.7 Å². The summed E-state index contributed by atoms with van der Waals surface area (Å²) >= 11 is 2.90. The number of carbonyl (C=O) groups is 1. The zero-order valence-electron chi connectivity index (χ0n) is 11.9. The third kappa shape index (κ3) is 3.37. The fourth-order valence-electron chi connectivity index (χ4n) is 1.69. The molecule has 106 valence electrons. The maximum atomic E-state index is 12.4. The van der Waals surface area contributed by atoms with E-state index in [4.69, 9.17) is 0 Å². The molecule has 20 heavy (non-hydrogen) atoms. The van der Waals surface area contributed by atoms with Crippen LogP contribution in [-0.4, -0.2) is 28.3 Å². The molecular formula is C14H17N3OS2. The van der Waals surface area contributed by atoms with Crippen LogP contribution >= 0.6 is 23.1 Å². The van der Waals surface area contributed by atoms with E-state index >= 15 is 0 Å². The first-order valence-corrected chi connectivity index (χ1v) is 8.00. The lowest BCUT2D eigenvalue weighted by atomic mass is 10.0. The first kappa shape index (κ1) is 15.0. The van der Waals surface area contributed by atoms with Crippen LogP contribution in [0.3, 0.4) is 0 Å². The number of thioether (sulfide) groups is 1. The SMILES string of the molecule is CNc1nnc(S[C@H](C)C(=O)c2ccc(C)c(C)c2)s1. The number of aromatic nitrogens is 2. The third-order valence-electron chi connectivity index (χ3n) is 3.06. The number of hydrogen-bond acceptors (Lipinski definition) is 6. The van der Waals surface area contributed by atoms with Crippen LogP contribution in [0.5, 0.6) is 0 Å². The Kier molecular flexibility index (Phi) is 4.77. The minimum Gasteiger partial charge on any atom is -0.363 e. The van der Waals surface area contributed by atoms with E-state index in [1.807, 2.05) is 39.0 Å². The lowest BCUT2D eigenvalue weighted by molar-refractivity contribution is 0.0994. The number of benzene rings is 1. The summed E-state index contributed by atoms with van der Waals surface area (Å²) in [7, 11) is 1.80. The van der Waals surface area contributed by atoms with Crippen molar-refractivity contribution in [2.45, 2.75) is 30.4 Å². The maximum Gasteiger partial charge on any atom is 0.206 e. The molecule has 0 amide bonds. The van der Waals surface area contributed by atoms with Crippen molar-refractivity contribution in [3.8, 4) is 0 Å². The van der Waals surface area contributed by atoms with E-state index in [1.54, 1.807) is 7.05 Å². The Morgan fingerprint density at radius 1 is 1.30 bits per heavy atom. The fraction of sp³-hybridized carbons (Fsp3) is 0.357. The largest absolute Gasteiger partial charge is 0.363 e. The minimum absolute atomic E-state index is 0.124. The van der Waals surface area contributed by atoms with Gasteiger partial charge in [0.05, 0.1) is 5.25 Å². The highest BCUT2D eigenvalue weighted by Gasteiger charge is 2.19. The van der Waals surface area contributed by atoms with Crippen molar-refractivity contribution < 1.29 is 4.79 Å².